The Kier molecular flexibility index (Phi) is 14.2. The molecule has 14 nitrogen and oxygen atoms in total. The highest BCUT2D eigenvalue weighted by molar-refractivity contribution is 7.33. The van der Waals surface area contributed by atoms with Crippen LogP contribution in [0.1, 0.15) is 50.6 Å². The maximum atomic E-state index is 14.4. The molecule has 0 aliphatic carbocycles. The molecule has 0 radical (unpaired) electrons. The molecule has 1 saturated heterocycles. The maximum absolute atomic E-state index is 14.4. The first-order valence-corrected chi connectivity index (χ1v) is 24.5. The zero-order valence-corrected chi connectivity index (χ0v) is 40.7. The molecule has 2 heterocycles. The summed E-state index contributed by atoms with van der Waals surface area (Å²) in [5, 5.41) is 16.2. The summed E-state index contributed by atoms with van der Waals surface area (Å²) in [6.45, 7) is 7.49. The normalized spacial score (nSPS) is 18.2. The molecule has 8 aromatic rings. The number of hydrogen-bond donors (Lipinski definition) is 1. The third-order valence-electron chi connectivity index (χ3n) is 13.1. The van der Waals surface area contributed by atoms with Crippen LogP contribution in [0.2, 0.25) is 0 Å². The summed E-state index contributed by atoms with van der Waals surface area (Å²) >= 11 is 0. The summed E-state index contributed by atoms with van der Waals surface area (Å²) in [6.07, 6.45) is -3.51. The van der Waals surface area contributed by atoms with Gasteiger partial charge in [0.2, 0.25) is 0 Å². The second-order valence-electron chi connectivity index (χ2n) is 17.8. The minimum absolute atomic E-state index is 0.0121. The van der Waals surface area contributed by atoms with E-state index < -0.39 is 55.7 Å². The van der Waals surface area contributed by atoms with Gasteiger partial charge in [0.05, 0.1) is 33.5 Å². The zero-order valence-electron chi connectivity index (χ0n) is 39.7. The lowest BCUT2D eigenvalue weighted by Gasteiger charge is -2.37. The summed E-state index contributed by atoms with van der Waals surface area (Å²) in [5.74, 6) is 1.73. The van der Waals surface area contributed by atoms with Gasteiger partial charge in [-0.1, -0.05) is 97.1 Å². The lowest BCUT2D eigenvalue weighted by atomic mass is 9.80. The molecule has 0 bridgehead atoms. The molecule has 1 N–H and O–H groups in total. The van der Waals surface area contributed by atoms with E-state index in [9.17, 15) is 19.4 Å². The molecular weight excluding hydrogens is 908 g/mol. The van der Waals surface area contributed by atoms with Gasteiger partial charge in [0.15, 0.2) is 12.3 Å². The van der Waals surface area contributed by atoms with E-state index in [0.717, 1.165) is 49.0 Å². The van der Waals surface area contributed by atoms with Gasteiger partial charge in [-0.15, -0.1) is 0 Å². The quantitative estimate of drug-likeness (QED) is 0.0465. The highest BCUT2D eigenvalue weighted by Crippen LogP contribution is 2.46. The SMILES string of the molecule is COc1ccc(C(OC[C@@H]2O[C@H](n3ccc(=O)[nH]c3=O)C(Oc3ccc4ccc5cccc6ccc3c4c56)C2O[PH](=O)OCC(C#N)N(C(C)C)C(C)C)(c2ccccc2)c2ccc(OC)cc2)cc1. The van der Waals surface area contributed by atoms with Gasteiger partial charge >= 0.3 is 13.9 Å². The summed E-state index contributed by atoms with van der Waals surface area (Å²) in [5.41, 5.74) is -0.425. The van der Waals surface area contributed by atoms with E-state index in [0.29, 0.717) is 17.2 Å². The van der Waals surface area contributed by atoms with Crippen molar-refractivity contribution in [3.63, 3.8) is 0 Å². The Balaban J connectivity index is 1.18. The second kappa shape index (κ2) is 20.6. The number of nitriles is 1. The van der Waals surface area contributed by atoms with Crippen molar-refractivity contribution >= 4 is 40.6 Å². The molecule has 9 rings (SSSR count). The van der Waals surface area contributed by atoms with Gasteiger partial charge in [-0.3, -0.25) is 23.8 Å². The van der Waals surface area contributed by atoms with Crippen LogP contribution < -0.4 is 25.5 Å². The number of nitrogens with zero attached hydrogens (tertiary/aromatic N) is 3. The minimum Gasteiger partial charge on any atom is -0.497 e. The van der Waals surface area contributed by atoms with Gasteiger partial charge in [0.1, 0.15) is 41.1 Å². The Labute approximate surface area is 406 Å². The largest absolute Gasteiger partial charge is 0.497 e. The molecule has 360 valence electrons. The van der Waals surface area contributed by atoms with E-state index in [1.54, 1.807) is 14.2 Å². The first-order chi connectivity index (χ1) is 33.9. The molecule has 15 heteroatoms. The molecule has 1 aliphatic rings. The predicted molar refractivity (Wildman–Crippen MR) is 269 cm³/mol. The highest BCUT2D eigenvalue weighted by atomic mass is 31.1. The fraction of sp³-hybridized carbons (Fsp3) is 0.291. The van der Waals surface area contributed by atoms with Crippen molar-refractivity contribution in [1.29, 1.82) is 5.26 Å². The first-order valence-electron chi connectivity index (χ1n) is 23.2. The van der Waals surface area contributed by atoms with Crippen molar-refractivity contribution in [3.8, 4) is 23.3 Å². The van der Waals surface area contributed by atoms with Crippen molar-refractivity contribution in [1.82, 2.24) is 14.5 Å². The molecule has 7 aromatic carbocycles. The third-order valence-corrected chi connectivity index (χ3v) is 14.0. The van der Waals surface area contributed by atoms with Crippen molar-refractivity contribution in [2.24, 2.45) is 0 Å². The van der Waals surface area contributed by atoms with Crippen molar-refractivity contribution < 1.29 is 37.3 Å². The van der Waals surface area contributed by atoms with Gasteiger partial charge in [-0.05, 0) is 102 Å². The summed E-state index contributed by atoms with van der Waals surface area (Å²) in [7, 11) is -0.261. The molecule has 0 amide bonds. The predicted octanol–water partition coefficient (Wildman–Crippen LogP) is 9.61. The fourth-order valence-electron chi connectivity index (χ4n) is 10.00. The lowest BCUT2D eigenvalue weighted by Crippen LogP contribution is -2.46. The van der Waals surface area contributed by atoms with E-state index >= 15 is 0 Å². The van der Waals surface area contributed by atoms with Crippen LogP contribution in [-0.2, 0) is 28.7 Å². The van der Waals surface area contributed by atoms with Crippen LogP contribution in [0.4, 0.5) is 0 Å². The Bertz CT molecular complexity index is 3190. The molecule has 70 heavy (non-hydrogen) atoms. The number of rotatable bonds is 19. The summed E-state index contributed by atoms with van der Waals surface area (Å²) in [6, 6.07) is 45.8. The molecule has 0 saturated carbocycles. The van der Waals surface area contributed by atoms with Gasteiger partial charge in [0.25, 0.3) is 5.56 Å². The first kappa shape index (κ1) is 48.2. The number of aromatic nitrogens is 2. The standard InChI is InChI=1S/C55H55N4O10P/c1-34(2)59(35(3)4)42(31-56)32-66-70(62)69-51-47(33-65-55(39-13-8-7-9-14-39,40-19-23-43(63-5)24-20-40)41-21-25-44(64-6)26-22-41)68-53(58-30-29-48(60)57-54(58)61)52(51)67-46-28-18-38-16-15-36-11-10-12-37-17-27-45(46)50(38)49(36)37/h7-30,34-35,42,47,51-53,70H,32-33H2,1-6H3,(H,57,60,61)/t42?,47-,51?,52?,53-/m0/s1. The molecular formula is C55H55N4O10P. The van der Waals surface area contributed by atoms with Crippen molar-refractivity contribution in [3.05, 3.63) is 183 Å². The number of nitrogens with one attached hydrogen (secondary N) is 1. The van der Waals surface area contributed by atoms with E-state index in [4.69, 9.17) is 32.7 Å². The van der Waals surface area contributed by atoms with Gasteiger partial charge in [0, 0.05) is 35.1 Å². The smallest absolute Gasteiger partial charge is 0.330 e. The van der Waals surface area contributed by atoms with Crippen LogP contribution in [-0.4, -0.2) is 78.3 Å². The minimum atomic E-state index is -3.46. The summed E-state index contributed by atoms with van der Waals surface area (Å²) < 4.78 is 60.6. The second-order valence-corrected chi connectivity index (χ2v) is 18.8. The maximum Gasteiger partial charge on any atom is 0.330 e. The lowest BCUT2D eigenvalue weighted by molar-refractivity contribution is -0.0938. The number of ether oxygens (including phenoxy) is 5. The number of aromatic amines is 1. The Hall–Kier alpha value is -6.82. The van der Waals surface area contributed by atoms with Gasteiger partial charge < -0.3 is 32.7 Å². The van der Waals surface area contributed by atoms with Crippen LogP contribution >= 0.6 is 8.25 Å². The fourth-order valence-corrected chi connectivity index (χ4v) is 10.9. The topological polar surface area (TPSA) is 164 Å². The van der Waals surface area contributed by atoms with E-state index in [1.165, 1.54) is 16.8 Å². The van der Waals surface area contributed by atoms with Crippen LogP contribution in [0.5, 0.6) is 17.2 Å². The molecule has 6 atom stereocenters. The molecule has 1 fully saturated rings. The van der Waals surface area contributed by atoms with E-state index in [-0.39, 0.29) is 25.3 Å². The Morgan fingerprint density at radius 2 is 1.31 bits per heavy atom. The summed E-state index contributed by atoms with van der Waals surface area (Å²) in [4.78, 5) is 30.7. The Morgan fingerprint density at radius 3 is 1.90 bits per heavy atom. The average Bonchev–Trinajstić information content (AvgIpc) is 3.70. The van der Waals surface area contributed by atoms with Crippen LogP contribution in [0.15, 0.2) is 155 Å². The molecule has 4 unspecified atom stereocenters. The molecule has 0 spiro atoms. The van der Waals surface area contributed by atoms with Crippen molar-refractivity contribution in [2.75, 3.05) is 27.4 Å². The number of hydrogen-bond acceptors (Lipinski definition) is 12. The third kappa shape index (κ3) is 9.32. The Morgan fingerprint density at radius 1 is 0.729 bits per heavy atom. The van der Waals surface area contributed by atoms with E-state index in [2.05, 4.69) is 35.3 Å². The highest BCUT2D eigenvalue weighted by Gasteiger charge is 2.51. The average molecular weight is 963 g/mol. The monoisotopic (exact) mass is 962 g/mol. The number of benzene rings is 7. The van der Waals surface area contributed by atoms with Crippen LogP contribution in [0.3, 0.4) is 0 Å². The van der Waals surface area contributed by atoms with Crippen molar-refractivity contribution in [2.45, 2.75) is 76.0 Å². The zero-order chi connectivity index (χ0) is 49.1. The number of H-pyrrole nitrogens is 1. The van der Waals surface area contributed by atoms with Crippen LogP contribution in [0.25, 0.3) is 32.3 Å². The van der Waals surface area contributed by atoms with Crippen LogP contribution in [0, 0.1) is 11.3 Å². The molecule has 1 aliphatic heterocycles. The van der Waals surface area contributed by atoms with Gasteiger partial charge in [-0.2, -0.15) is 5.26 Å². The number of methoxy groups -OCH3 is 2. The van der Waals surface area contributed by atoms with E-state index in [1.807, 2.05) is 142 Å². The van der Waals surface area contributed by atoms with Gasteiger partial charge in [-0.25, -0.2) is 4.79 Å². The molecule has 1 aromatic heterocycles.